The normalized spacial score (nSPS) is 10.5. The molecule has 8 heteroatoms. The van der Waals surface area contributed by atoms with Crippen LogP contribution in [0.1, 0.15) is 15.9 Å². The van der Waals surface area contributed by atoms with Gasteiger partial charge in [-0.2, -0.15) is 0 Å². The number of hydrogen-bond acceptors (Lipinski definition) is 5. The lowest BCUT2D eigenvalue weighted by Gasteiger charge is -2.13. The number of rotatable bonds is 3. The summed E-state index contributed by atoms with van der Waals surface area (Å²) in [7, 11) is 1.09. The average molecular weight is 344 g/mol. The fraction of sp³-hybridized carbons (Fsp3) is 0.143. The molecule has 0 aliphatic carbocycles. The summed E-state index contributed by atoms with van der Waals surface area (Å²) in [5.41, 5.74) is -0.689. The predicted octanol–water partition coefficient (Wildman–Crippen LogP) is 2.40. The largest absolute Gasteiger partial charge is 0.507 e. The third kappa shape index (κ3) is 3.03. The van der Waals surface area contributed by atoms with Crippen molar-refractivity contribution >= 4 is 29.2 Å². The van der Waals surface area contributed by atoms with Crippen molar-refractivity contribution < 1.29 is 19.7 Å². The van der Waals surface area contributed by atoms with Crippen LogP contribution in [0.25, 0.3) is 0 Å². The van der Waals surface area contributed by atoms with E-state index in [-0.39, 0.29) is 6.54 Å². The minimum atomic E-state index is -0.967. The summed E-state index contributed by atoms with van der Waals surface area (Å²) < 4.78 is 5.35. The Labute approximate surface area is 135 Å². The highest BCUT2D eigenvalue weighted by atomic mass is 35.5. The molecule has 116 valence electrons. The summed E-state index contributed by atoms with van der Waals surface area (Å²) in [4.78, 5) is 23.5. The maximum atomic E-state index is 11.9. The molecule has 0 spiro atoms. The molecule has 1 aromatic heterocycles. The van der Waals surface area contributed by atoms with Gasteiger partial charge in [0.25, 0.3) is 5.56 Å². The van der Waals surface area contributed by atoms with Crippen LogP contribution in [0.2, 0.25) is 10.0 Å². The average Bonchev–Trinajstić information content (AvgIpc) is 2.44. The molecule has 6 nitrogen and oxygen atoms in total. The molecule has 0 atom stereocenters. The van der Waals surface area contributed by atoms with Crippen LogP contribution < -0.4 is 5.56 Å². The Morgan fingerprint density at radius 2 is 1.95 bits per heavy atom. The molecular weight excluding hydrogens is 333 g/mol. The van der Waals surface area contributed by atoms with E-state index in [4.69, 9.17) is 23.2 Å². The van der Waals surface area contributed by atoms with E-state index in [1.807, 2.05) is 0 Å². The number of hydrogen-bond donors (Lipinski definition) is 2. The van der Waals surface area contributed by atoms with E-state index in [1.165, 1.54) is 6.07 Å². The van der Waals surface area contributed by atoms with Gasteiger partial charge in [0.1, 0.15) is 5.75 Å². The predicted molar refractivity (Wildman–Crippen MR) is 80.9 cm³/mol. The number of halogens is 2. The first kappa shape index (κ1) is 16.2. The number of carbonyl (C=O) groups is 1. The highest BCUT2D eigenvalue weighted by Crippen LogP contribution is 2.27. The van der Waals surface area contributed by atoms with Gasteiger partial charge in [-0.3, -0.25) is 9.36 Å². The van der Waals surface area contributed by atoms with E-state index < -0.39 is 28.7 Å². The first-order valence-electron chi connectivity index (χ1n) is 6.03. The van der Waals surface area contributed by atoms with E-state index in [0.29, 0.717) is 15.6 Å². The molecule has 0 bridgehead atoms. The summed E-state index contributed by atoms with van der Waals surface area (Å²) in [6.07, 6.45) is 0. The van der Waals surface area contributed by atoms with Crippen LogP contribution in [-0.2, 0) is 11.3 Å². The van der Waals surface area contributed by atoms with Gasteiger partial charge in [0.05, 0.1) is 13.7 Å². The molecule has 0 saturated heterocycles. The molecule has 0 saturated carbocycles. The van der Waals surface area contributed by atoms with Gasteiger partial charge >= 0.3 is 5.97 Å². The third-order valence-electron chi connectivity index (χ3n) is 2.99. The Balaban J connectivity index is 2.56. The summed E-state index contributed by atoms with van der Waals surface area (Å²) in [5.74, 6) is -2.33. The van der Waals surface area contributed by atoms with Crippen molar-refractivity contribution in [1.29, 1.82) is 0 Å². The Bertz CT molecular complexity index is 801. The topological polar surface area (TPSA) is 88.8 Å². The quantitative estimate of drug-likeness (QED) is 0.835. The van der Waals surface area contributed by atoms with E-state index >= 15 is 0 Å². The van der Waals surface area contributed by atoms with Crippen molar-refractivity contribution in [3.05, 3.63) is 55.8 Å². The Kier molecular flexibility index (Phi) is 4.63. The van der Waals surface area contributed by atoms with Crippen LogP contribution >= 0.6 is 23.2 Å². The number of aromatic nitrogens is 1. The second kappa shape index (κ2) is 6.29. The lowest BCUT2D eigenvalue weighted by atomic mass is 10.2. The van der Waals surface area contributed by atoms with E-state index in [9.17, 15) is 19.8 Å². The van der Waals surface area contributed by atoms with Gasteiger partial charge < -0.3 is 14.9 Å². The molecule has 2 rings (SSSR count). The minimum absolute atomic E-state index is 0.106. The van der Waals surface area contributed by atoms with Gasteiger partial charge in [0, 0.05) is 16.1 Å². The molecule has 2 aromatic rings. The summed E-state index contributed by atoms with van der Waals surface area (Å²) in [5, 5.41) is 20.4. The number of aromatic hydroxyl groups is 2. The highest BCUT2D eigenvalue weighted by Gasteiger charge is 2.22. The molecule has 0 fully saturated rings. The number of benzene rings is 1. The van der Waals surface area contributed by atoms with Crippen LogP contribution in [0.4, 0.5) is 0 Å². The monoisotopic (exact) mass is 343 g/mol. The van der Waals surface area contributed by atoms with Crippen molar-refractivity contribution in [2.75, 3.05) is 7.11 Å². The van der Waals surface area contributed by atoms with Gasteiger partial charge in [0.15, 0.2) is 5.56 Å². The van der Waals surface area contributed by atoms with E-state index in [2.05, 4.69) is 4.74 Å². The van der Waals surface area contributed by atoms with Crippen molar-refractivity contribution in [1.82, 2.24) is 4.57 Å². The highest BCUT2D eigenvalue weighted by molar-refractivity contribution is 6.35. The molecule has 0 radical (unpaired) electrons. The molecule has 0 unspecified atom stereocenters. The van der Waals surface area contributed by atoms with Crippen LogP contribution in [0, 0.1) is 0 Å². The summed E-state index contributed by atoms with van der Waals surface area (Å²) >= 11 is 11.8. The minimum Gasteiger partial charge on any atom is -0.507 e. The maximum absolute atomic E-state index is 11.9. The first-order chi connectivity index (χ1) is 10.3. The summed E-state index contributed by atoms with van der Waals surface area (Å²) in [6.45, 7) is -0.106. The van der Waals surface area contributed by atoms with Crippen molar-refractivity contribution in [2.24, 2.45) is 0 Å². The molecule has 0 aliphatic rings. The second-order valence-electron chi connectivity index (χ2n) is 4.38. The van der Waals surface area contributed by atoms with Crippen molar-refractivity contribution in [3.63, 3.8) is 0 Å². The number of pyridine rings is 1. The number of methoxy groups -OCH3 is 1. The Morgan fingerprint density at radius 3 is 2.55 bits per heavy atom. The van der Waals surface area contributed by atoms with Gasteiger partial charge in [0.2, 0.25) is 5.88 Å². The van der Waals surface area contributed by atoms with Crippen LogP contribution in [0.5, 0.6) is 11.6 Å². The van der Waals surface area contributed by atoms with Gasteiger partial charge in [-0.1, -0.05) is 29.3 Å². The number of esters is 1. The van der Waals surface area contributed by atoms with Crippen molar-refractivity contribution in [2.45, 2.75) is 6.54 Å². The Hall–Kier alpha value is -2.18. The molecular formula is C14H11Cl2NO5. The molecule has 1 aromatic carbocycles. The molecule has 1 heterocycles. The van der Waals surface area contributed by atoms with E-state index in [1.54, 1.807) is 12.1 Å². The van der Waals surface area contributed by atoms with Crippen molar-refractivity contribution in [3.8, 4) is 11.6 Å². The van der Waals surface area contributed by atoms with Gasteiger partial charge in [-0.25, -0.2) is 4.79 Å². The number of carbonyl (C=O) groups excluding carboxylic acids is 1. The standard InChI is InChI=1S/C14H11Cl2NO5/c1-22-14(21)12-10(18)5-11(19)17(13(12)20)6-7-2-3-8(15)4-9(7)16/h2-5,18,20H,6H2,1H3. The zero-order valence-corrected chi connectivity index (χ0v) is 12.9. The second-order valence-corrected chi connectivity index (χ2v) is 5.22. The molecule has 22 heavy (non-hydrogen) atoms. The SMILES string of the molecule is COC(=O)c1c(O)cc(=O)n(Cc2ccc(Cl)cc2Cl)c1O. The molecule has 0 aliphatic heterocycles. The summed E-state index contributed by atoms with van der Waals surface area (Å²) in [6, 6.07) is 5.46. The van der Waals surface area contributed by atoms with E-state index in [0.717, 1.165) is 17.7 Å². The molecule has 0 amide bonds. The van der Waals surface area contributed by atoms with Gasteiger partial charge in [-0.05, 0) is 17.7 Å². The van der Waals surface area contributed by atoms with Crippen LogP contribution in [0.15, 0.2) is 29.1 Å². The smallest absolute Gasteiger partial charge is 0.347 e. The number of nitrogens with zero attached hydrogens (tertiary/aromatic N) is 1. The lowest BCUT2D eigenvalue weighted by Crippen LogP contribution is -2.22. The Morgan fingerprint density at radius 1 is 1.27 bits per heavy atom. The zero-order valence-electron chi connectivity index (χ0n) is 11.3. The van der Waals surface area contributed by atoms with Gasteiger partial charge in [-0.15, -0.1) is 0 Å². The van der Waals surface area contributed by atoms with Crippen LogP contribution in [0.3, 0.4) is 0 Å². The fourth-order valence-corrected chi connectivity index (χ4v) is 2.36. The third-order valence-corrected chi connectivity index (χ3v) is 3.58. The fourth-order valence-electron chi connectivity index (χ4n) is 1.89. The van der Waals surface area contributed by atoms with Crippen LogP contribution in [-0.4, -0.2) is 27.9 Å². The zero-order chi connectivity index (χ0) is 16.4. The maximum Gasteiger partial charge on any atom is 0.347 e. The first-order valence-corrected chi connectivity index (χ1v) is 6.78. The number of ether oxygens (including phenoxy) is 1. The lowest BCUT2D eigenvalue weighted by molar-refractivity contribution is 0.0592. The molecule has 2 N–H and O–H groups in total.